The van der Waals surface area contributed by atoms with E-state index >= 15 is 0 Å². The van der Waals surface area contributed by atoms with E-state index < -0.39 is 5.97 Å². The fourth-order valence-corrected chi connectivity index (χ4v) is 1.85. The molecule has 1 rings (SSSR count). The molecule has 5 nitrogen and oxygen atoms in total. The summed E-state index contributed by atoms with van der Waals surface area (Å²) in [4.78, 5) is 10.5. The third-order valence-electron chi connectivity index (χ3n) is 2.37. The van der Waals surface area contributed by atoms with E-state index in [0.29, 0.717) is 29.7 Å². The van der Waals surface area contributed by atoms with Crippen LogP contribution in [0.3, 0.4) is 0 Å². The van der Waals surface area contributed by atoms with Crippen molar-refractivity contribution in [3.05, 3.63) is 22.7 Å². The van der Waals surface area contributed by atoms with E-state index in [0.717, 1.165) is 5.56 Å². The Kier molecular flexibility index (Phi) is 6.61. The first-order valence-corrected chi connectivity index (χ1v) is 6.86. The fourth-order valence-electron chi connectivity index (χ4n) is 1.63. The van der Waals surface area contributed by atoms with Gasteiger partial charge in [-0.3, -0.25) is 4.79 Å². The maximum atomic E-state index is 10.5. The normalized spacial score (nSPS) is 10.7. The molecule has 0 aliphatic heterocycles. The molecule has 112 valence electrons. The molecule has 0 bridgehead atoms. The van der Waals surface area contributed by atoms with Crippen molar-refractivity contribution in [1.82, 2.24) is 5.32 Å². The summed E-state index contributed by atoms with van der Waals surface area (Å²) in [6, 6.07) is 3.47. The van der Waals surface area contributed by atoms with Gasteiger partial charge < -0.3 is 19.9 Å². The van der Waals surface area contributed by atoms with Crippen LogP contribution in [0.1, 0.15) is 26.3 Å². The number of carboxylic acids is 1. The summed E-state index contributed by atoms with van der Waals surface area (Å²) in [5, 5.41) is 11.9. The average molecular weight is 302 g/mol. The standard InChI is InChI=1S/C14H20ClNO4/c1-4-19-12-5-10(7-16-8-14(17)18)11(15)6-13(12)20-9(2)3/h5-6,9,16H,4,7-8H2,1-3H3,(H,17,18). The third-order valence-corrected chi connectivity index (χ3v) is 2.72. The Labute approximate surface area is 123 Å². The summed E-state index contributed by atoms with van der Waals surface area (Å²) < 4.78 is 11.2. The summed E-state index contributed by atoms with van der Waals surface area (Å²) >= 11 is 6.18. The molecule has 0 fully saturated rings. The molecule has 1 aromatic rings. The topological polar surface area (TPSA) is 67.8 Å². The van der Waals surface area contributed by atoms with Crippen LogP contribution in [0.15, 0.2) is 12.1 Å². The molecule has 20 heavy (non-hydrogen) atoms. The van der Waals surface area contributed by atoms with E-state index in [9.17, 15) is 4.79 Å². The van der Waals surface area contributed by atoms with Crippen LogP contribution in [-0.4, -0.2) is 30.3 Å². The van der Waals surface area contributed by atoms with Crippen LogP contribution in [-0.2, 0) is 11.3 Å². The van der Waals surface area contributed by atoms with Gasteiger partial charge in [-0.2, -0.15) is 0 Å². The second kappa shape index (κ2) is 7.97. The fraction of sp³-hybridized carbons (Fsp3) is 0.500. The second-order valence-electron chi connectivity index (χ2n) is 4.49. The zero-order chi connectivity index (χ0) is 15.1. The summed E-state index contributed by atoms with van der Waals surface area (Å²) in [5.74, 6) is 0.289. The Balaban J connectivity index is 2.90. The summed E-state index contributed by atoms with van der Waals surface area (Å²) in [6.45, 7) is 6.48. The van der Waals surface area contributed by atoms with Crippen molar-refractivity contribution in [3.8, 4) is 11.5 Å². The Morgan fingerprint density at radius 3 is 2.65 bits per heavy atom. The molecule has 0 radical (unpaired) electrons. The van der Waals surface area contributed by atoms with Crippen molar-refractivity contribution in [3.63, 3.8) is 0 Å². The summed E-state index contributed by atoms with van der Waals surface area (Å²) in [6.07, 6.45) is 0.0151. The van der Waals surface area contributed by atoms with Crippen LogP contribution < -0.4 is 14.8 Å². The highest BCUT2D eigenvalue weighted by atomic mass is 35.5. The van der Waals surface area contributed by atoms with E-state index in [-0.39, 0.29) is 12.6 Å². The Morgan fingerprint density at radius 1 is 1.40 bits per heavy atom. The Hall–Kier alpha value is -1.46. The number of ether oxygens (including phenoxy) is 2. The lowest BCUT2D eigenvalue weighted by molar-refractivity contribution is -0.135. The van der Waals surface area contributed by atoms with E-state index in [2.05, 4.69) is 5.32 Å². The summed E-state index contributed by atoms with van der Waals surface area (Å²) in [5.41, 5.74) is 0.771. The van der Waals surface area contributed by atoms with Crippen LogP contribution >= 0.6 is 11.6 Å². The number of carbonyl (C=O) groups is 1. The molecule has 0 spiro atoms. The maximum Gasteiger partial charge on any atom is 0.317 e. The molecule has 0 atom stereocenters. The van der Waals surface area contributed by atoms with Gasteiger partial charge in [0.15, 0.2) is 11.5 Å². The molecular formula is C14H20ClNO4. The van der Waals surface area contributed by atoms with Gasteiger partial charge in [-0.25, -0.2) is 0 Å². The predicted molar refractivity (Wildman–Crippen MR) is 77.7 cm³/mol. The number of carboxylic acid groups (broad SMARTS) is 1. The SMILES string of the molecule is CCOc1cc(CNCC(=O)O)c(Cl)cc1OC(C)C. The van der Waals surface area contributed by atoms with Crippen LogP contribution in [0.5, 0.6) is 11.5 Å². The van der Waals surface area contributed by atoms with Gasteiger partial charge in [0.05, 0.1) is 19.3 Å². The number of hydrogen-bond donors (Lipinski definition) is 2. The van der Waals surface area contributed by atoms with Crippen molar-refractivity contribution in [2.45, 2.75) is 33.4 Å². The quantitative estimate of drug-likeness (QED) is 0.773. The van der Waals surface area contributed by atoms with Gasteiger partial charge in [0, 0.05) is 17.6 Å². The van der Waals surface area contributed by atoms with Crippen LogP contribution in [0.4, 0.5) is 0 Å². The number of halogens is 1. The van der Waals surface area contributed by atoms with E-state index in [1.807, 2.05) is 20.8 Å². The zero-order valence-electron chi connectivity index (χ0n) is 11.9. The van der Waals surface area contributed by atoms with Crippen molar-refractivity contribution >= 4 is 17.6 Å². The third kappa shape index (κ3) is 5.27. The number of rotatable bonds is 8. The summed E-state index contributed by atoms with van der Waals surface area (Å²) in [7, 11) is 0. The minimum Gasteiger partial charge on any atom is -0.490 e. The number of nitrogens with one attached hydrogen (secondary N) is 1. The van der Waals surface area contributed by atoms with Crippen LogP contribution in [0.2, 0.25) is 5.02 Å². The molecule has 0 aromatic heterocycles. The van der Waals surface area contributed by atoms with E-state index in [1.54, 1.807) is 12.1 Å². The Bertz CT molecular complexity index is 463. The van der Waals surface area contributed by atoms with Crippen molar-refractivity contribution in [2.75, 3.05) is 13.2 Å². The minimum absolute atomic E-state index is 0.0151. The lowest BCUT2D eigenvalue weighted by Gasteiger charge is -2.17. The zero-order valence-corrected chi connectivity index (χ0v) is 12.7. The molecular weight excluding hydrogens is 282 g/mol. The molecule has 0 saturated heterocycles. The molecule has 1 aromatic carbocycles. The predicted octanol–water partition coefficient (Wildman–Crippen LogP) is 2.70. The van der Waals surface area contributed by atoms with Crippen LogP contribution in [0.25, 0.3) is 0 Å². The van der Waals surface area contributed by atoms with Crippen molar-refractivity contribution in [1.29, 1.82) is 0 Å². The largest absolute Gasteiger partial charge is 0.490 e. The first-order chi connectivity index (χ1) is 9.43. The number of benzene rings is 1. The van der Waals surface area contributed by atoms with Gasteiger partial charge in [0.25, 0.3) is 0 Å². The molecule has 0 amide bonds. The lowest BCUT2D eigenvalue weighted by atomic mass is 10.2. The lowest BCUT2D eigenvalue weighted by Crippen LogP contribution is -2.22. The van der Waals surface area contributed by atoms with Gasteiger partial charge in [0.1, 0.15) is 0 Å². The highest BCUT2D eigenvalue weighted by Gasteiger charge is 2.12. The van der Waals surface area contributed by atoms with Gasteiger partial charge in [-0.05, 0) is 32.4 Å². The molecule has 0 aliphatic carbocycles. The van der Waals surface area contributed by atoms with E-state index in [1.165, 1.54) is 0 Å². The van der Waals surface area contributed by atoms with Crippen LogP contribution in [0, 0.1) is 0 Å². The minimum atomic E-state index is -0.911. The average Bonchev–Trinajstić information content (AvgIpc) is 2.33. The van der Waals surface area contributed by atoms with E-state index in [4.69, 9.17) is 26.2 Å². The number of hydrogen-bond acceptors (Lipinski definition) is 4. The molecule has 0 unspecified atom stereocenters. The highest BCUT2D eigenvalue weighted by Crippen LogP contribution is 2.34. The molecule has 0 saturated carbocycles. The molecule has 6 heteroatoms. The van der Waals surface area contributed by atoms with Crippen molar-refractivity contribution < 1.29 is 19.4 Å². The monoisotopic (exact) mass is 301 g/mol. The maximum absolute atomic E-state index is 10.5. The second-order valence-corrected chi connectivity index (χ2v) is 4.89. The first kappa shape index (κ1) is 16.6. The van der Waals surface area contributed by atoms with Gasteiger partial charge >= 0.3 is 5.97 Å². The van der Waals surface area contributed by atoms with Gasteiger partial charge in [-0.15, -0.1) is 0 Å². The smallest absolute Gasteiger partial charge is 0.317 e. The Morgan fingerprint density at radius 2 is 2.10 bits per heavy atom. The molecule has 0 aliphatic rings. The molecule has 2 N–H and O–H groups in total. The number of aliphatic carboxylic acids is 1. The van der Waals surface area contributed by atoms with Gasteiger partial charge in [0.2, 0.25) is 0 Å². The molecule has 0 heterocycles. The van der Waals surface area contributed by atoms with Gasteiger partial charge in [-0.1, -0.05) is 11.6 Å². The first-order valence-electron chi connectivity index (χ1n) is 6.48. The van der Waals surface area contributed by atoms with Crippen molar-refractivity contribution in [2.24, 2.45) is 0 Å². The highest BCUT2D eigenvalue weighted by molar-refractivity contribution is 6.31.